The summed E-state index contributed by atoms with van der Waals surface area (Å²) < 4.78 is 5.48. The molecule has 4 atom stereocenters. The predicted octanol–water partition coefficient (Wildman–Crippen LogP) is 2.86. The third-order valence-electron chi connectivity index (χ3n) is 5.86. The molecule has 0 N–H and O–H groups in total. The summed E-state index contributed by atoms with van der Waals surface area (Å²) in [7, 11) is 0. The average molecular weight is 302 g/mol. The van der Waals surface area contributed by atoms with Crippen molar-refractivity contribution in [1.29, 1.82) is 0 Å². The summed E-state index contributed by atoms with van der Waals surface area (Å²) >= 11 is 0. The lowest BCUT2D eigenvalue weighted by atomic mass is 10.0. The maximum Gasteiger partial charge on any atom is 0.226 e. The van der Waals surface area contributed by atoms with Crippen LogP contribution in [0, 0.1) is 5.92 Å². The van der Waals surface area contributed by atoms with Gasteiger partial charge in [0.1, 0.15) is 5.76 Å². The lowest BCUT2D eigenvalue weighted by Crippen LogP contribution is -2.48. The van der Waals surface area contributed by atoms with E-state index >= 15 is 0 Å². The van der Waals surface area contributed by atoms with Gasteiger partial charge < -0.3 is 9.32 Å². The minimum absolute atomic E-state index is 0.170. The Labute approximate surface area is 132 Å². The molecule has 4 heteroatoms. The molecule has 1 amide bonds. The number of rotatable bonds is 4. The van der Waals surface area contributed by atoms with E-state index in [2.05, 4.69) is 16.7 Å². The van der Waals surface area contributed by atoms with Crippen LogP contribution in [0.4, 0.5) is 0 Å². The lowest BCUT2D eigenvalue weighted by molar-refractivity contribution is -0.134. The molecule has 0 aromatic carbocycles. The maximum absolute atomic E-state index is 12.9. The van der Waals surface area contributed by atoms with Gasteiger partial charge in [0.05, 0.1) is 6.26 Å². The fourth-order valence-electron chi connectivity index (χ4n) is 4.64. The van der Waals surface area contributed by atoms with E-state index in [9.17, 15) is 4.79 Å². The molecular weight excluding hydrogens is 276 g/mol. The number of hydrogen-bond acceptors (Lipinski definition) is 3. The molecule has 0 bridgehead atoms. The molecule has 0 radical (unpaired) electrons. The molecule has 22 heavy (non-hydrogen) atoms. The number of furan rings is 1. The number of amides is 1. The average Bonchev–Trinajstić information content (AvgIpc) is 3.02. The molecular formula is C18H26N2O2. The molecule has 1 saturated carbocycles. The number of carbonyl (C=O) groups is 1. The minimum atomic E-state index is 0.170. The van der Waals surface area contributed by atoms with Gasteiger partial charge in [0, 0.05) is 30.5 Å². The lowest BCUT2D eigenvalue weighted by Gasteiger charge is -2.34. The van der Waals surface area contributed by atoms with Crippen LogP contribution < -0.4 is 0 Å². The van der Waals surface area contributed by atoms with E-state index in [0.717, 1.165) is 25.3 Å². The van der Waals surface area contributed by atoms with Crippen LogP contribution in [-0.2, 0) is 4.79 Å². The Bertz CT molecular complexity index is 527. The van der Waals surface area contributed by atoms with Crippen LogP contribution in [-0.4, -0.2) is 47.4 Å². The predicted molar refractivity (Wildman–Crippen MR) is 84.6 cm³/mol. The van der Waals surface area contributed by atoms with Crippen molar-refractivity contribution in [2.24, 2.45) is 5.92 Å². The summed E-state index contributed by atoms with van der Waals surface area (Å²) in [5.74, 6) is 1.87. The van der Waals surface area contributed by atoms with Crippen molar-refractivity contribution in [3.63, 3.8) is 0 Å². The Morgan fingerprint density at radius 2 is 2.09 bits per heavy atom. The number of nitrogens with zero attached hydrogens (tertiary/aromatic N) is 2. The van der Waals surface area contributed by atoms with E-state index in [1.165, 1.54) is 32.2 Å². The van der Waals surface area contributed by atoms with E-state index in [-0.39, 0.29) is 5.92 Å². The van der Waals surface area contributed by atoms with Gasteiger partial charge in [-0.15, -0.1) is 0 Å². The van der Waals surface area contributed by atoms with Gasteiger partial charge in [-0.3, -0.25) is 9.69 Å². The summed E-state index contributed by atoms with van der Waals surface area (Å²) in [6.45, 7) is 5.52. The summed E-state index contributed by atoms with van der Waals surface area (Å²) in [6.07, 6.45) is 7.58. The van der Waals surface area contributed by atoms with Crippen LogP contribution in [0.1, 0.15) is 50.7 Å². The Kier molecular flexibility index (Phi) is 3.73. The smallest absolute Gasteiger partial charge is 0.226 e. The van der Waals surface area contributed by atoms with Gasteiger partial charge in [0.15, 0.2) is 0 Å². The Morgan fingerprint density at radius 3 is 2.86 bits per heavy atom. The molecule has 4 nitrogen and oxygen atoms in total. The van der Waals surface area contributed by atoms with Gasteiger partial charge in [-0.2, -0.15) is 0 Å². The summed E-state index contributed by atoms with van der Waals surface area (Å²) in [4.78, 5) is 17.7. The fraction of sp³-hybridized carbons (Fsp3) is 0.722. The van der Waals surface area contributed by atoms with Crippen molar-refractivity contribution in [2.75, 3.05) is 19.6 Å². The van der Waals surface area contributed by atoms with Crippen LogP contribution in [0.5, 0.6) is 0 Å². The zero-order valence-electron chi connectivity index (χ0n) is 13.4. The topological polar surface area (TPSA) is 36.7 Å². The van der Waals surface area contributed by atoms with Crippen LogP contribution in [0.3, 0.4) is 0 Å². The quantitative estimate of drug-likeness (QED) is 0.858. The first-order valence-electron chi connectivity index (χ1n) is 8.87. The van der Waals surface area contributed by atoms with Gasteiger partial charge in [-0.25, -0.2) is 0 Å². The number of hydrogen-bond donors (Lipinski definition) is 0. The summed E-state index contributed by atoms with van der Waals surface area (Å²) in [5.41, 5.74) is 0. The van der Waals surface area contributed by atoms with Gasteiger partial charge >= 0.3 is 0 Å². The van der Waals surface area contributed by atoms with Crippen LogP contribution in [0.25, 0.3) is 0 Å². The molecule has 0 spiro atoms. The largest absolute Gasteiger partial charge is 0.469 e. The van der Waals surface area contributed by atoms with E-state index in [1.54, 1.807) is 6.26 Å². The second-order valence-electron chi connectivity index (χ2n) is 7.04. The van der Waals surface area contributed by atoms with Crippen molar-refractivity contribution >= 4 is 5.91 Å². The van der Waals surface area contributed by atoms with Gasteiger partial charge in [-0.1, -0.05) is 6.92 Å². The van der Waals surface area contributed by atoms with Crippen LogP contribution in [0.15, 0.2) is 22.8 Å². The molecule has 2 aliphatic heterocycles. The summed E-state index contributed by atoms with van der Waals surface area (Å²) in [6, 6.07) is 4.98. The van der Waals surface area contributed by atoms with E-state index in [0.29, 0.717) is 23.9 Å². The first-order chi connectivity index (χ1) is 10.8. The van der Waals surface area contributed by atoms with E-state index in [4.69, 9.17) is 4.42 Å². The minimum Gasteiger partial charge on any atom is -0.469 e. The maximum atomic E-state index is 12.9. The highest BCUT2D eigenvalue weighted by atomic mass is 16.3. The molecule has 2 saturated heterocycles. The SMILES string of the molecule is CCN1CCC[C@@H]1[C@@H]1CCCN1C(=O)[C@@H]1C[C@@H]1c1ccco1. The first-order valence-corrected chi connectivity index (χ1v) is 8.87. The Morgan fingerprint density at radius 1 is 1.27 bits per heavy atom. The second kappa shape index (κ2) is 5.73. The highest BCUT2D eigenvalue weighted by molar-refractivity contribution is 5.83. The third kappa shape index (κ3) is 2.37. The zero-order chi connectivity index (χ0) is 15.1. The standard InChI is InChI=1S/C18H26N2O2/c1-2-19-9-3-6-15(19)16-7-4-10-20(16)18(21)14-12-13(14)17-8-5-11-22-17/h5,8,11,13-16H,2-4,6-7,9-10,12H2,1H3/t13-,14+,15+,16-/m0/s1. The molecule has 1 aromatic rings. The highest BCUT2D eigenvalue weighted by Crippen LogP contribution is 2.49. The number of likely N-dealkylation sites (tertiary alicyclic amines) is 2. The van der Waals surface area contributed by atoms with Crippen LogP contribution >= 0.6 is 0 Å². The summed E-state index contributed by atoms with van der Waals surface area (Å²) in [5, 5.41) is 0. The van der Waals surface area contributed by atoms with E-state index < -0.39 is 0 Å². The van der Waals surface area contributed by atoms with Gasteiger partial charge in [-0.05, 0) is 57.3 Å². The second-order valence-corrected chi connectivity index (χ2v) is 7.04. The molecule has 1 aromatic heterocycles. The van der Waals surface area contributed by atoms with Gasteiger partial charge in [0.25, 0.3) is 0 Å². The van der Waals surface area contributed by atoms with Crippen molar-refractivity contribution in [3.8, 4) is 0 Å². The highest BCUT2D eigenvalue weighted by Gasteiger charge is 2.50. The first kappa shape index (κ1) is 14.3. The van der Waals surface area contributed by atoms with Crippen molar-refractivity contribution in [3.05, 3.63) is 24.2 Å². The molecule has 4 rings (SSSR count). The number of likely N-dealkylation sites (N-methyl/N-ethyl adjacent to an activating group) is 1. The van der Waals surface area contributed by atoms with Gasteiger partial charge in [0.2, 0.25) is 5.91 Å². The monoisotopic (exact) mass is 302 g/mol. The van der Waals surface area contributed by atoms with Crippen molar-refractivity contribution < 1.29 is 9.21 Å². The van der Waals surface area contributed by atoms with Crippen molar-refractivity contribution in [2.45, 2.75) is 57.0 Å². The molecule has 0 unspecified atom stereocenters. The molecule has 3 aliphatic rings. The van der Waals surface area contributed by atoms with E-state index in [1.807, 2.05) is 12.1 Å². The third-order valence-corrected chi connectivity index (χ3v) is 5.86. The molecule has 3 heterocycles. The van der Waals surface area contributed by atoms with Crippen LogP contribution in [0.2, 0.25) is 0 Å². The Hall–Kier alpha value is -1.29. The molecule has 120 valence electrons. The normalized spacial score (nSPS) is 35.2. The molecule has 3 fully saturated rings. The fourth-order valence-corrected chi connectivity index (χ4v) is 4.64. The van der Waals surface area contributed by atoms with Crippen molar-refractivity contribution in [1.82, 2.24) is 9.80 Å². The molecule has 1 aliphatic carbocycles. The Balaban J connectivity index is 1.44. The number of carbonyl (C=O) groups excluding carboxylic acids is 1. The zero-order valence-corrected chi connectivity index (χ0v) is 13.4.